The number of benzene rings is 3. The number of furan rings is 1. The van der Waals surface area contributed by atoms with E-state index in [-0.39, 0.29) is 5.91 Å². The van der Waals surface area contributed by atoms with Gasteiger partial charge in [0.15, 0.2) is 0 Å². The van der Waals surface area contributed by atoms with Crippen molar-refractivity contribution >= 4 is 33.5 Å². The first kappa shape index (κ1) is 24.6. The summed E-state index contributed by atoms with van der Waals surface area (Å²) in [7, 11) is 1.59. The number of rotatable bonds is 13. The van der Waals surface area contributed by atoms with E-state index < -0.39 is 0 Å². The van der Waals surface area contributed by atoms with Gasteiger partial charge < -0.3 is 19.2 Å². The van der Waals surface area contributed by atoms with Gasteiger partial charge in [0.1, 0.15) is 22.7 Å². The topological polar surface area (TPSA) is 60.7 Å². The maximum absolute atomic E-state index is 12.9. The number of fused-ring (bicyclic) bond motifs is 3. The molecule has 3 aromatic carbocycles. The molecule has 0 unspecified atom stereocenters. The number of methoxy groups -OCH3 is 1. The molecule has 0 aliphatic heterocycles. The highest BCUT2D eigenvalue weighted by Crippen LogP contribution is 2.36. The number of unbranched alkanes of at least 4 members (excludes halogenated alkanes) is 7. The lowest BCUT2D eigenvalue weighted by atomic mass is 10.1. The molecule has 0 fully saturated rings. The number of amides is 1. The van der Waals surface area contributed by atoms with E-state index in [0.717, 1.165) is 28.5 Å². The van der Waals surface area contributed by atoms with Gasteiger partial charge in [0.25, 0.3) is 5.91 Å². The zero-order valence-corrected chi connectivity index (χ0v) is 20.8. The molecule has 184 valence electrons. The van der Waals surface area contributed by atoms with Crippen LogP contribution in [-0.4, -0.2) is 19.6 Å². The average molecular weight is 474 g/mol. The molecule has 0 spiro atoms. The summed E-state index contributed by atoms with van der Waals surface area (Å²) >= 11 is 0. The number of ether oxygens (including phenoxy) is 2. The van der Waals surface area contributed by atoms with E-state index in [4.69, 9.17) is 13.9 Å². The lowest BCUT2D eigenvalue weighted by molar-refractivity contribution is 0.102. The summed E-state index contributed by atoms with van der Waals surface area (Å²) in [4.78, 5) is 12.9. The minimum absolute atomic E-state index is 0.214. The number of hydrogen-bond acceptors (Lipinski definition) is 4. The standard InChI is InChI=1S/C30H35NO4/c1-3-4-5-6-7-8-9-12-19-34-23-17-15-22(16-18-23)30(32)31-26-21-28-25(20-29(26)33-2)24-13-10-11-14-27(24)35-28/h10-11,13-18,20-21H,3-9,12,19H2,1-2H3,(H,31,32). The second kappa shape index (κ2) is 12.3. The van der Waals surface area contributed by atoms with E-state index in [1.807, 2.05) is 48.5 Å². The largest absolute Gasteiger partial charge is 0.495 e. The Labute approximate surface area is 207 Å². The molecule has 0 atom stereocenters. The molecule has 4 rings (SSSR count). The van der Waals surface area contributed by atoms with Crippen LogP contribution in [0.4, 0.5) is 5.69 Å². The van der Waals surface area contributed by atoms with Crippen LogP contribution in [0.3, 0.4) is 0 Å². The molecule has 0 radical (unpaired) electrons. The van der Waals surface area contributed by atoms with Crippen LogP contribution >= 0.6 is 0 Å². The predicted octanol–water partition coefficient (Wildman–Crippen LogP) is 8.37. The number of carbonyl (C=O) groups is 1. The molecular formula is C30H35NO4. The maximum atomic E-state index is 12.9. The van der Waals surface area contributed by atoms with E-state index >= 15 is 0 Å². The van der Waals surface area contributed by atoms with Crippen molar-refractivity contribution in [3.63, 3.8) is 0 Å². The van der Waals surface area contributed by atoms with Crippen LogP contribution in [0.5, 0.6) is 11.5 Å². The van der Waals surface area contributed by atoms with Crippen LogP contribution in [0.25, 0.3) is 21.9 Å². The van der Waals surface area contributed by atoms with Crippen molar-refractivity contribution in [2.24, 2.45) is 0 Å². The smallest absolute Gasteiger partial charge is 0.255 e. The first-order valence-corrected chi connectivity index (χ1v) is 12.7. The zero-order chi connectivity index (χ0) is 24.5. The molecule has 1 amide bonds. The second-order valence-corrected chi connectivity index (χ2v) is 8.95. The number of nitrogens with one attached hydrogen (secondary N) is 1. The molecule has 0 saturated carbocycles. The molecule has 0 bridgehead atoms. The normalized spacial score (nSPS) is 11.1. The lowest BCUT2D eigenvalue weighted by Crippen LogP contribution is -2.12. The van der Waals surface area contributed by atoms with Crippen LogP contribution in [-0.2, 0) is 0 Å². The van der Waals surface area contributed by atoms with Gasteiger partial charge in [-0.2, -0.15) is 0 Å². The Balaban J connectivity index is 1.31. The Hall–Kier alpha value is -3.47. The second-order valence-electron chi connectivity index (χ2n) is 8.95. The molecule has 35 heavy (non-hydrogen) atoms. The third kappa shape index (κ3) is 6.36. The Morgan fingerprint density at radius 2 is 1.54 bits per heavy atom. The van der Waals surface area contributed by atoms with E-state index in [2.05, 4.69) is 12.2 Å². The van der Waals surface area contributed by atoms with Gasteiger partial charge in [-0.25, -0.2) is 0 Å². The third-order valence-electron chi connectivity index (χ3n) is 6.33. The van der Waals surface area contributed by atoms with Gasteiger partial charge in [0.05, 0.1) is 19.4 Å². The summed E-state index contributed by atoms with van der Waals surface area (Å²) in [6.45, 7) is 2.95. The van der Waals surface area contributed by atoms with Crippen LogP contribution in [0, 0.1) is 0 Å². The van der Waals surface area contributed by atoms with E-state index in [0.29, 0.717) is 29.2 Å². The highest BCUT2D eigenvalue weighted by Gasteiger charge is 2.15. The van der Waals surface area contributed by atoms with Crippen molar-refractivity contribution in [1.82, 2.24) is 0 Å². The Morgan fingerprint density at radius 1 is 0.829 bits per heavy atom. The van der Waals surface area contributed by atoms with Gasteiger partial charge >= 0.3 is 0 Å². The minimum Gasteiger partial charge on any atom is -0.495 e. The first-order valence-electron chi connectivity index (χ1n) is 12.7. The highest BCUT2D eigenvalue weighted by molar-refractivity contribution is 6.10. The molecule has 5 heteroatoms. The van der Waals surface area contributed by atoms with Crippen LogP contribution in [0.1, 0.15) is 68.6 Å². The maximum Gasteiger partial charge on any atom is 0.255 e. The van der Waals surface area contributed by atoms with Crippen molar-refractivity contribution in [3.8, 4) is 11.5 Å². The van der Waals surface area contributed by atoms with Crippen molar-refractivity contribution < 1.29 is 18.7 Å². The first-order chi connectivity index (χ1) is 17.2. The predicted molar refractivity (Wildman–Crippen MR) is 143 cm³/mol. The summed E-state index contributed by atoms with van der Waals surface area (Å²) in [5.74, 6) is 1.15. The molecule has 4 aromatic rings. The summed E-state index contributed by atoms with van der Waals surface area (Å²) < 4.78 is 17.4. The molecule has 1 N–H and O–H groups in total. The number of carbonyl (C=O) groups excluding carboxylic acids is 1. The molecule has 0 aliphatic rings. The molecule has 1 aromatic heterocycles. The Morgan fingerprint density at radius 3 is 2.29 bits per heavy atom. The van der Waals surface area contributed by atoms with Crippen molar-refractivity contribution in [1.29, 1.82) is 0 Å². The fourth-order valence-electron chi connectivity index (χ4n) is 4.34. The fourth-order valence-corrected chi connectivity index (χ4v) is 4.34. The fraction of sp³-hybridized carbons (Fsp3) is 0.367. The quantitative estimate of drug-likeness (QED) is 0.198. The summed E-state index contributed by atoms with van der Waals surface area (Å²) in [6, 6.07) is 18.8. The highest BCUT2D eigenvalue weighted by atomic mass is 16.5. The van der Waals surface area contributed by atoms with Crippen LogP contribution in [0.2, 0.25) is 0 Å². The zero-order valence-electron chi connectivity index (χ0n) is 20.8. The molecule has 0 aliphatic carbocycles. The lowest BCUT2D eigenvalue weighted by Gasteiger charge is -2.11. The van der Waals surface area contributed by atoms with Gasteiger partial charge in [-0.3, -0.25) is 4.79 Å². The number of para-hydroxylation sites is 1. The molecule has 1 heterocycles. The van der Waals surface area contributed by atoms with Crippen LogP contribution in [0.15, 0.2) is 65.1 Å². The number of hydrogen-bond donors (Lipinski definition) is 1. The Kier molecular flexibility index (Phi) is 8.66. The summed E-state index contributed by atoms with van der Waals surface area (Å²) in [6.07, 6.45) is 10.2. The van der Waals surface area contributed by atoms with E-state index in [9.17, 15) is 4.79 Å². The average Bonchev–Trinajstić information content (AvgIpc) is 3.25. The van der Waals surface area contributed by atoms with Gasteiger partial charge in [0, 0.05) is 22.4 Å². The molecule has 5 nitrogen and oxygen atoms in total. The minimum atomic E-state index is -0.214. The van der Waals surface area contributed by atoms with Gasteiger partial charge in [-0.05, 0) is 42.8 Å². The monoisotopic (exact) mass is 473 g/mol. The summed E-state index contributed by atoms with van der Waals surface area (Å²) in [5.41, 5.74) is 2.62. The Bertz CT molecular complexity index is 1240. The third-order valence-corrected chi connectivity index (χ3v) is 6.33. The van der Waals surface area contributed by atoms with Crippen molar-refractivity contribution in [2.45, 2.75) is 58.3 Å². The van der Waals surface area contributed by atoms with Gasteiger partial charge in [0.2, 0.25) is 0 Å². The van der Waals surface area contributed by atoms with Crippen molar-refractivity contribution in [2.75, 3.05) is 19.0 Å². The van der Waals surface area contributed by atoms with Crippen molar-refractivity contribution in [3.05, 3.63) is 66.2 Å². The SMILES string of the molecule is CCCCCCCCCCOc1ccc(C(=O)Nc2cc3oc4ccccc4c3cc2OC)cc1. The molecule has 0 saturated heterocycles. The summed E-state index contributed by atoms with van der Waals surface area (Å²) in [5, 5.41) is 4.92. The molecular weight excluding hydrogens is 438 g/mol. The van der Waals surface area contributed by atoms with Gasteiger partial charge in [-0.1, -0.05) is 70.1 Å². The van der Waals surface area contributed by atoms with E-state index in [1.165, 1.54) is 44.9 Å². The van der Waals surface area contributed by atoms with Gasteiger partial charge in [-0.15, -0.1) is 0 Å². The van der Waals surface area contributed by atoms with E-state index in [1.54, 1.807) is 19.2 Å². The number of anilines is 1. The van der Waals surface area contributed by atoms with Crippen LogP contribution < -0.4 is 14.8 Å².